The number of phenols is 1. The second-order valence-corrected chi connectivity index (χ2v) is 3.31. The van der Waals surface area contributed by atoms with Crippen LogP contribution in [-0.4, -0.2) is 23.3 Å². The van der Waals surface area contributed by atoms with Crippen molar-refractivity contribution in [1.82, 2.24) is 5.32 Å². The molecule has 1 aromatic rings. The average Bonchev–Trinajstić information content (AvgIpc) is 2.19. The number of benzene rings is 1. The van der Waals surface area contributed by atoms with Crippen LogP contribution < -0.4 is 5.32 Å². The minimum Gasteiger partial charge on any atom is -0.508 e. The standard InChI is InChI=1S/C11H13NO3/c1-8(14)12-10(7-13)6-9-2-4-11(15)5-3-9/h2-5,7,10,15H,6H2,1H3,(H,12,14)/t10-/m0/s1. The maximum atomic E-state index is 10.7. The van der Waals surface area contributed by atoms with Gasteiger partial charge in [0.15, 0.2) is 0 Å². The number of hydrogen-bond acceptors (Lipinski definition) is 3. The highest BCUT2D eigenvalue weighted by Crippen LogP contribution is 2.10. The largest absolute Gasteiger partial charge is 0.508 e. The van der Waals surface area contributed by atoms with Gasteiger partial charge in [0.1, 0.15) is 12.0 Å². The Kier molecular flexibility index (Phi) is 3.85. The van der Waals surface area contributed by atoms with Crippen molar-refractivity contribution in [3.05, 3.63) is 29.8 Å². The van der Waals surface area contributed by atoms with E-state index in [4.69, 9.17) is 5.11 Å². The molecule has 0 bridgehead atoms. The van der Waals surface area contributed by atoms with Crippen LogP contribution in [0, 0.1) is 0 Å². The molecule has 1 aromatic carbocycles. The summed E-state index contributed by atoms with van der Waals surface area (Å²) in [6.07, 6.45) is 1.14. The molecule has 0 aliphatic heterocycles. The van der Waals surface area contributed by atoms with E-state index in [0.717, 1.165) is 5.56 Å². The van der Waals surface area contributed by atoms with E-state index in [1.54, 1.807) is 24.3 Å². The lowest BCUT2D eigenvalue weighted by molar-refractivity contribution is -0.122. The Bertz CT molecular complexity index is 345. The number of amides is 1. The van der Waals surface area contributed by atoms with Crippen molar-refractivity contribution >= 4 is 12.2 Å². The van der Waals surface area contributed by atoms with Crippen LogP contribution in [0.3, 0.4) is 0 Å². The fourth-order valence-electron chi connectivity index (χ4n) is 1.28. The minimum absolute atomic E-state index is 0.181. The van der Waals surface area contributed by atoms with E-state index in [0.29, 0.717) is 12.7 Å². The average molecular weight is 207 g/mol. The van der Waals surface area contributed by atoms with Crippen LogP contribution in [0.4, 0.5) is 0 Å². The Morgan fingerprint density at radius 1 is 1.47 bits per heavy atom. The third kappa shape index (κ3) is 3.81. The van der Waals surface area contributed by atoms with Gasteiger partial charge >= 0.3 is 0 Å². The summed E-state index contributed by atoms with van der Waals surface area (Å²) in [5.41, 5.74) is 0.888. The fraction of sp³-hybridized carbons (Fsp3) is 0.273. The molecule has 1 rings (SSSR count). The number of hydrogen-bond donors (Lipinski definition) is 2. The first-order valence-corrected chi connectivity index (χ1v) is 4.62. The van der Waals surface area contributed by atoms with Gasteiger partial charge in [0.2, 0.25) is 5.91 Å². The predicted octanol–water partition coefficient (Wildman–Crippen LogP) is 0.638. The van der Waals surface area contributed by atoms with E-state index in [2.05, 4.69) is 5.32 Å². The van der Waals surface area contributed by atoms with E-state index in [1.807, 2.05) is 0 Å². The van der Waals surface area contributed by atoms with Gasteiger partial charge in [-0.15, -0.1) is 0 Å². The van der Waals surface area contributed by atoms with Crippen molar-refractivity contribution in [2.24, 2.45) is 0 Å². The third-order valence-electron chi connectivity index (χ3n) is 1.94. The lowest BCUT2D eigenvalue weighted by atomic mass is 10.1. The van der Waals surface area contributed by atoms with E-state index >= 15 is 0 Å². The summed E-state index contributed by atoms with van der Waals surface area (Å²) in [6.45, 7) is 1.37. The molecular weight excluding hydrogens is 194 g/mol. The van der Waals surface area contributed by atoms with Crippen molar-refractivity contribution in [3.8, 4) is 5.75 Å². The molecule has 0 radical (unpaired) electrons. The fourth-order valence-corrected chi connectivity index (χ4v) is 1.28. The quantitative estimate of drug-likeness (QED) is 0.712. The summed E-state index contributed by atoms with van der Waals surface area (Å²) >= 11 is 0. The summed E-state index contributed by atoms with van der Waals surface area (Å²) in [5, 5.41) is 11.6. The summed E-state index contributed by atoms with van der Waals surface area (Å²) in [5.74, 6) is -0.0493. The molecule has 0 saturated heterocycles. The van der Waals surface area contributed by atoms with Gasteiger partial charge in [-0.2, -0.15) is 0 Å². The van der Waals surface area contributed by atoms with Crippen molar-refractivity contribution < 1.29 is 14.7 Å². The molecule has 0 spiro atoms. The second kappa shape index (κ2) is 5.14. The van der Waals surface area contributed by atoms with Crippen molar-refractivity contribution in [1.29, 1.82) is 0 Å². The number of nitrogens with one attached hydrogen (secondary N) is 1. The SMILES string of the molecule is CC(=O)N[C@H](C=O)Cc1ccc(O)cc1. The molecule has 1 atom stereocenters. The zero-order valence-electron chi connectivity index (χ0n) is 8.43. The first-order valence-electron chi connectivity index (χ1n) is 4.62. The molecule has 15 heavy (non-hydrogen) atoms. The van der Waals surface area contributed by atoms with Gasteiger partial charge in [-0.25, -0.2) is 0 Å². The predicted molar refractivity (Wildman–Crippen MR) is 55.5 cm³/mol. The molecule has 2 N–H and O–H groups in total. The first-order chi connectivity index (χ1) is 7.11. The zero-order valence-corrected chi connectivity index (χ0v) is 8.43. The summed E-state index contributed by atoms with van der Waals surface area (Å²) in [7, 11) is 0. The topological polar surface area (TPSA) is 66.4 Å². The van der Waals surface area contributed by atoms with Crippen LogP contribution >= 0.6 is 0 Å². The molecule has 0 aromatic heterocycles. The Morgan fingerprint density at radius 3 is 2.53 bits per heavy atom. The molecule has 4 heteroatoms. The molecule has 0 unspecified atom stereocenters. The lowest BCUT2D eigenvalue weighted by Crippen LogP contribution is -2.35. The van der Waals surface area contributed by atoms with Crippen LogP contribution in [0.25, 0.3) is 0 Å². The Labute approximate surface area is 87.9 Å². The van der Waals surface area contributed by atoms with E-state index < -0.39 is 6.04 Å². The highest BCUT2D eigenvalue weighted by Gasteiger charge is 2.08. The molecule has 0 heterocycles. The van der Waals surface area contributed by atoms with E-state index in [1.165, 1.54) is 6.92 Å². The Balaban J connectivity index is 2.62. The summed E-state index contributed by atoms with van der Waals surface area (Å²) < 4.78 is 0. The van der Waals surface area contributed by atoms with Crippen LogP contribution in [0.15, 0.2) is 24.3 Å². The number of aldehydes is 1. The molecule has 4 nitrogen and oxygen atoms in total. The van der Waals surface area contributed by atoms with E-state index in [9.17, 15) is 9.59 Å². The monoisotopic (exact) mass is 207 g/mol. The summed E-state index contributed by atoms with van der Waals surface area (Å²) in [4.78, 5) is 21.4. The smallest absolute Gasteiger partial charge is 0.217 e. The molecule has 0 aliphatic carbocycles. The van der Waals surface area contributed by atoms with Crippen molar-refractivity contribution in [2.45, 2.75) is 19.4 Å². The van der Waals surface area contributed by atoms with Gasteiger partial charge in [-0.3, -0.25) is 4.79 Å². The zero-order chi connectivity index (χ0) is 11.3. The number of aromatic hydroxyl groups is 1. The highest BCUT2D eigenvalue weighted by atomic mass is 16.3. The molecular formula is C11H13NO3. The summed E-state index contributed by atoms with van der Waals surface area (Å²) in [6, 6.07) is 6.02. The van der Waals surface area contributed by atoms with Crippen molar-refractivity contribution in [3.63, 3.8) is 0 Å². The molecule has 0 saturated carbocycles. The van der Waals surface area contributed by atoms with Crippen LogP contribution in [0.5, 0.6) is 5.75 Å². The second-order valence-electron chi connectivity index (χ2n) is 3.31. The number of rotatable bonds is 4. The van der Waals surface area contributed by atoms with Gasteiger partial charge in [-0.1, -0.05) is 12.1 Å². The Hall–Kier alpha value is -1.84. The normalized spacial score (nSPS) is 11.8. The third-order valence-corrected chi connectivity index (χ3v) is 1.94. The van der Waals surface area contributed by atoms with Crippen LogP contribution in [-0.2, 0) is 16.0 Å². The molecule has 80 valence electrons. The number of carbonyl (C=O) groups excluding carboxylic acids is 2. The maximum Gasteiger partial charge on any atom is 0.217 e. The first kappa shape index (κ1) is 11.2. The van der Waals surface area contributed by atoms with Crippen LogP contribution in [0.2, 0.25) is 0 Å². The van der Waals surface area contributed by atoms with Gasteiger partial charge in [-0.05, 0) is 24.1 Å². The molecule has 0 aliphatic rings. The van der Waals surface area contributed by atoms with Gasteiger partial charge in [0.25, 0.3) is 0 Å². The van der Waals surface area contributed by atoms with Gasteiger partial charge in [0.05, 0.1) is 6.04 Å². The number of carbonyl (C=O) groups is 2. The lowest BCUT2D eigenvalue weighted by Gasteiger charge is -2.10. The van der Waals surface area contributed by atoms with Crippen LogP contribution in [0.1, 0.15) is 12.5 Å². The molecule has 1 amide bonds. The van der Waals surface area contributed by atoms with Gasteiger partial charge < -0.3 is 15.2 Å². The van der Waals surface area contributed by atoms with Gasteiger partial charge in [0, 0.05) is 6.92 Å². The minimum atomic E-state index is -0.507. The number of phenolic OH excluding ortho intramolecular Hbond substituents is 1. The Morgan fingerprint density at radius 2 is 2.07 bits per heavy atom. The maximum absolute atomic E-state index is 10.7. The highest BCUT2D eigenvalue weighted by molar-refractivity contribution is 5.77. The van der Waals surface area contributed by atoms with Crippen molar-refractivity contribution in [2.75, 3.05) is 0 Å². The van der Waals surface area contributed by atoms with E-state index in [-0.39, 0.29) is 11.7 Å². The molecule has 0 fully saturated rings.